The summed E-state index contributed by atoms with van der Waals surface area (Å²) in [6.07, 6.45) is 0. The van der Waals surface area contributed by atoms with Crippen LogP contribution in [0, 0.1) is 0 Å². The van der Waals surface area contributed by atoms with Gasteiger partial charge in [0, 0.05) is 4.90 Å². The number of anilines is 1. The summed E-state index contributed by atoms with van der Waals surface area (Å²) >= 11 is 1.06. The number of para-hydroxylation sites is 1. The van der Waals surface area contributed by atoms with Crippen molar-refractivity contribution in [1.29, 1.82) is 0 Å². The highest BCUT2D eigenvalue weighted by Gasteiger charge is 2.45. The molecule has 1 aromatic carbocycles. The van der Waals surface area contributed by atoms with E-state index in [0.717, 1.165) is 16.7 Å². The molecule has 1 atom stereocenters. The molecule has 1 amide bonds. The average Bonchev–Trinajstić information content (AvgIpc) is 2.19. The van der Waals surface area contributed by atoms with Gasteiger partial charge in [-0.1, -0.05) is 23.9 Å². The minimum atomic E-state index is -1.44. The summed E-state index contributed by atoms with van der Waals surface area (Å²) in [4.78, 5) is 23.4. The largest absolute Gasteiger partial charge is 0.480 e. The molecule has 0 aromatic heterocycles. The highest BCUT2D eigenvalue weighted by molar-refractivity contribution is 8.02. The Hall–Kier alpha value is -1.49. The number of amides is 1. The molecule has 5 heteroatoms. The monoisotopic (exact) mass is 223 g/mol. The van der Waals surface area contributed by atoms with E-state index >= 15 is 0 Å². The van der Waals surface area contributed by atoms with E-state index in [0.29, 0.717) is 5.69 Å². The van der Waals surface area contributed by atoms with E-state index in [2.05, 4.69) is 5.32 Å². The summed E-state index contributed by atoms with van der Waals surface area (Å²) in [6.45, 7) is 1.41. The van der Waals surface area contributed by atoms with Crippen LogP contribution in [0.2, 0.25) is 0 Å². The standard InChI is InChI=1S/C10H9NO3S/c1-10(9(13)14)8(12)11-6-4-2-3-5-7(6)15-10/h2-5H,1H3,(H,11,12)(H,13,14)/t10-/m1/s1. The maximum atomic E-state index is 11.6. The van der Waals surface area contributed by atoms with Crippen molar-refractivity contribution in [2.45, 2.75) is 16.6 Å². The highest BCUT2D eigenvalue weighted by atomic mass is 32.2. The number of carbonyl (C=O) groups excluding carboxylic acids is 1. The van der Waals surface area contributed by atoms with Gasteiger partial charge in [-0.3, -0.25) is 9.59 Å². The molecule has 1 aromatic rings. The van der Waals surface area contributed by atoms with Gasteiger partial charge in [0.05, 0.1) is 5.69 Å². The molecule has 0 aliphatic carbocycles. The molecule has 0 bridgehead atoms. The Morgan fingerprint density at radius 2 is 2.13 bits per heavy atom. The van der Waals surface area contributed by atoms with Crippen molar-refractivity contribution >= 4 is 29.3 Å². The number of carboxylic acid groups (broad SMARTS) is 1. The van der Waals surface area contributed by atoms with Gasteiger partial charge < -0.3 is 10.4 Å². The second kappa shape index (κ2) is 3.27. The predicted octanol–water partition coefficient (Wildman–Crippen LogP) is 1.57. The number of thioether (sulfide) groups is 1. The Morgan fingerprint density at radius 1 is 1.47 bits per heavy atom. The molecule has 0 unspecified atom stereocenters. The Morgan fingerprint density at radius 3 is 2.80 bits per heavy atom. The number of rotatable bonds is 1. The molecule has 1 aliphatic heterocycles. The van der Waals surface area contributed by atoms with Gasteiger partial charge in [0.2, 0.25) is 0 Å². The van der Waals surface area contributed by atoms with Crippen LogP contribution in [0.25, 0.3) is 0 Å². The van der Waals surface area contributed by atoms with Crippen molar-refractivity contribution in [2.24, 2.45) is 0 Å². The fraction of sp³-hybridized carbons (Fsp3) is 0.200. The molecule has 1 aliphatic rings. The maximum Gasteiger partial charge on any atom is 0.329 e. The van der Waals surface area contributed by atoms with Crippen molar-refractivity contribution in [3.8, 4) is 0 Å². The fourth-order valence-corrected chi connectivity index (χ4v) is 2.35. The number of fused-ring (bicyclic) bond motifs is 1. The van der Waals surface area contributed by atoms with Gasteiger partial charge in [-0.15, -0.1) is 0 Å². The summed E-state index contributed by atoms with van der Waals surface area (Å²) in [6, 6.07) is 7.15. The van der Waals surface area contributed by atoms with E-state index in [1.165, 1.54) is 6.92 Å². The van der Waals surface area contributed by atoms with Crippen LogP contribution in [0.4, 0.5) is 5.69 Å². The summed E-state index contributed by atoms with van der Waals surface area (Å²) in [5.74, 6) is -1.61. The van der Waals surface area contributed by atoms with Crippen LogP contribution < -0.4 is 5.32 Å². The molecule has 2 N–H and O–H groups in total. The Kier molecular flexibility index (Phi) is 2.19. The van der Waals surface area contributed by atoms with E-state index in [4.69, 9.17) is 5.11 Å². The first kappa shape index (κ1) is 10.0. The molecule has 0 radical (unpaired) electrons. The van der Waals surface area contributed by atoms with E-state index in [1.807, 2.05) is 6.07 Å². The van der Waals surface area contributed by atoms with E-state index < -0.39 is 16.6 Å². The summed E-state index contributed by atoms with van der Waals surface area (Å²) in [5, 5.41) is 11.6. The Balaban J connectivity index is 2.46. The molecule has 0 saturated carbocycles. The van der Waals surface area contributed by atoms with E-state index in [1.54, 1.807) is 18.2 Å². The van der Waals surface area contributed by atoms with Crippen LogP contribution in [0.5, 0.6) is 0 Å². The molecule has 0 saturated heterocycles. The number of nitrogens with one attached hydrogen (secondary N) is 1. The number of benzene rings is 1. The molecule has 4 nitrogen and oxygen atoms in total. The van der Waals surface area contributed by atoms with Crippen molar-refractivity contribution in [3.05, 3.63) is 24.3 Å². The van der Waals surface area contributed by atoms with Crippen LogP contribution in [-0.2, 0) is 9.59 Å². The SMILES string of the molecule is C[C@@]1(C(=O)O)Sc2ccccc2NC1=O. The summed E-state index contributed by atoms with van der Waals surface area (Å²) in [5.41, 5.74) is 0.672. The predicted molar refractivity (Wildman–Crippen MR) is 57.0 cm³/mol. The van der Waals surface area contributed by atoms with Gasteiger partial charge in [0.15, 0.2) is 4.75 Å². The van der Waals surface area contributed by atoms with Gasteiger partial charge in [0.25, 0.3) is 5.91 Å². The van der Waals surface area contributed by atoms with Gasteiger partial charge in [0.1, 0.15) is 0 Å². The zero-order valence-electron chi connectivity index (χ0n) is 7.98. The van der Waals surface area contributed by atoms with E-state index in [-0.39, 0.29) is 0 Å². The molecule has 0 spiro atoms. The lowest BCUT2D eigenvalue weighted by Gasteiger charge is -2.29. The van der Waals surface area contributed by atoms with Crippen molar-refractivity contribution in [2.75, 3.05) is 5.32 Å². The molecule has 78 valence electrons. The number of aliphatic carboxylic acids is 1. The summed E-state index contributed by atoms with van der Waals surface area (Å²) in [7, 11) is 0. The van der Waals surface area contributed by atoms with Crippen LogP contribution in [-0.4, -0.2) is 21.7 Å². The zero-order chi connectivity index (χ0) is 11.1. The number of hydrogen-bond donors (Lipinski definition) is 2. The Labute approximate surface area is 90.7 Å². The molecule has 1 heterocycles. The first-order chi connectivity index (χ1) is 7.04. The van der Waals surface area contributed by atoms with Gasteiger partial charge >= 0.3 is 5.97 Å². The molecule has 2 rings (SSSR count). The topological polar surface area (TPSA) is 66.4 Å². The lowest BCUT2D eigenvalue weighted by atomic mass is 10.1. The Bertz CT molecular complexity index is 446. The molecule has 0 fully saturated rings. The van der Waals surface area contributed by atoms with Crippen LogP contribution in [0.3, 0.4) is 0 Å². The highest BCUT2D eigenvalue weighted by Crippen LogP contribution is 2.42. The second-order valence-corrected chi connectivity index (χ2v) is 4.85. The number of carbonyl (C=O) groups is 2. The average molecular weight is 223 g/mol. The van der Waals surface area contributed by atoms with Gasteiger partial charge in [-0.2, -0.15) is 0 Å². The normalized spacial score (nSPS) is 24.2. The third-order valence-corrected chi connectivity index (χ3v) is 3.63. The third-order valence-electron chi connectivity index (χ3n) is 2.29. The van der Waals surface area contributed by atoms with E-state index in [9.17, 15) is 9.59 Å². The molecule has 15 heavy (non-hydrogen) atoms. The van der Waals surface area contributed by atoms with Crippen molar-refractivity contribution in [3.63, 3.8) is 0 Å². The first-order valence-electron chi connectivity index (χ1n) is 4.37. The maximum absolute atomic E-state index is 11.6. The fourth-order valence-electron chi connectivity index (χ4n) is 1.31. The molecular formula is C10H9NO3S. The van der Waals surface area contributed by atoms with Gasteiger partial charge in [-0.05, 0) is 19.1 Å². The first-order valence-corrected chi connectivity index (χ1v) is 5.18. The zero-order valence-corrected chi connectivity index (χ0v) is 8.80. The molecular weight excluding hydrogens is 214 g/mol. The van der Waals surface area contributed by atoms with Crippen LogP contribution in [0.15, 0.2) is 29.2 Å². The lowest BCUT2D eigenvalue weighted by Crippen LogP contribution is -2.46. The summed E-state index contributed by atoms with van der Waals surface area (Å²) < 4.78 is -1.44. The minimum absolute atomic E-state index is 0.487. The lowest BCUT2D eigenvalue weighted by molar-refractivity contribution is -0.142. The van der Waals surface area contributed by atoms with Crippen LogP contribution in [0.1, 0.15) is 6.92 Å². The minimum Gasteiger partial charge on any atom is -0.480 e. The van der Waals surface area contributed by atoms with Gasteiger partial charge in [-0.25, -0.2) is 0 Å². The van der Waals surface area contributed by atoms with Crippen molar-refractivity contribution in [1.82, 2.24) is 0 Å². The third kappa shape index (κ3) is 1.48. The second-order valence-electron chi connectivity index (χ2n) is 3.39. The van der Waals surface area contributed by atoms with Crippen molar-refractivity contribution < 1.29 is 14.7 Å². The van der Waals surface area contributed by atoms with Crippen LogP contribution >= 0.6 is 11.8 Å². The smallest absolute Gasteiger partial charge is 0.329 e. The number of hydrogen-bond acceptors (Lipinski definition) is 3. The quantitative estimate of drug-likeness (QED) is 0.709. The number of carboxylic acids is 1.